The van der Waals surface area contributed by atoms with Crippen molar-refractivity contribution in [2.24, 2.45) is 5.73 Å². The van der Waals surface area contributed by atoms with Gasteiger partial charge in [-0.1, -0.05) is 35.9 Å². The van der Waals surface area contributed by atoms with Gasteiger partial charge in [-0.2, -0.15) is 0 Å². The van der Waals surface area contributed by atoms with Crippen LogP contribution in [-0.2, 0) is 6.42 Å². The molecule has 9 heteroatoms. The van der Waals surface area contributed by atoms with Gasteiger partial charge in [0.05, 0.1) is 16.4 Å². The lowest BCUT2D eigenvalue weighted by Gasteiger charge is -2.14. The predicted octanol–water partition coefficient (Wildman–Crippen LogP) is 5.21. The van der Waals surface area contributed by atoms with E-state index in [1.807, 2.05) is 18.2 Å². The molecule has 0 fully saturated rings. The zero-order valence-electron chi connectivity index (χ0n) is 16.3. The van der Waals surface area contributed by atoms with Gasteiger partial charge in [0.25, 0.3) is 5.91 Å². The number of anilines is 3. The van der Waals surface area contributed by atoms with Gasteiger partial charge >= 0.3 is 6.03 Å². The van der Waals surface area contributed by atoms with E-state index in [9.17, 15) is 14.7 Å². The number of aromatic hydroxyl groups is 1. The Bertz CT molecular complexity index is 1110. The van der Waals surface area contributed by atoms with Crippen molar-refractivity contribution in [1.82, 2.24) is 0 Å². The van der Waals surface area contributed by atoms with Crippen LogP contribution >= 0.6 is 27.5 Å². The van der Waals surface area contributed by atoms with Crippen molar-refractivity contribution in [1.29, 1.82) is 0 Å². The molecule has 6 N–H and O–H groups in total. The predicted molar refractivity (Wildman–Crippen MR) is 127 cm³/mol. The van der Waals surface area contributed by atoms with Crippen molar-refractivity contribution in [3.8, 4) is 5.75 Å². The molecular weight excluding hydrogens is 484 g/mol. The summed E-state index contributed by atoms with van der Waals surface area (Å²) in [5.41, 5.74) is 7.56. The van der Waals surface area contributed by atoms with Gasteiger partial charge in [0.1, 0.15) is 5.56 Å². The highest BCUT2D eigenvalue weighted by Gasteiger charge is 2.20. The Hall–Kier alpha value is -3.07. The molecule has 0 atom stereocenters. The van der Waals surface area contributed by atoms with E-state index >= 15 is 0 Å². The smallest absolute Gasteiger partial charge is 0.323 e. The number of halogens is 2. The maximum absolute atomic E-state index is 12.7. The summed E-state index contributed by atoms with van der Waals surface area (Å²) in [7, 11) is 0. The van der Waals surface area contributed by atoms with Crippen molar-refractivity contribution >= 4 is 56.5 Å². The van der Waals surface area contributed by atoms with Crippen LogP contribution in [0.5, 0.6) is 5.75 Å². The summed E-state index contributed by atoms with van der Waals surface area (Å²) in [6.07, 6.45) is 0.732. The first-order valence-electron chi connectivity index (χ1n) is 9.33. The van der Waals surface area contributed by atoms with Crippen molar-refractivity contribution in [2.45, 2.75) is 6.42 Å². The van der Waals surface area contributed by atoms with Gasteiger partial charge in [-0.15, -0.1) is 0 Å². The normalized spacial score (nSPS) is 10.4. The van der Waals surface area contributed by atoms with E-state index in [0.717, 1.165) is 12.0 Å². The second kappa shape index (κ2) is 10.3. The number of benzene rings is 3. The Labute approximate surface area is 192 Å². The maximum atomic E-state index is 12.7. The number of hydrogen-bond donors (Lipinski definition) is 5. The van der Waals surface area contributed by atoms with Crippen LogP contribution in [-0.4, -0.2) is 23.6 Å². The van der Waals surface area contributed by atoms with E-state index in [1.54, 1.807) is 30.3 Å². The second-order valence-corrected chi connectivity index (χ2v) is 7.83. The topological polar surface area (TPSA) is 116 Å². The summed E-state index contributed by atoms with van der Waals surface area (Å²) < 4.78 is 0.697. The molecule has 0 aliphatic carbocycles. The van der Waals surface area contributed by atoms with Crippen molar-refractivity contribution in [3.63, 3.8) is 0 Å². The van der Waals surface area contributed by atoms with Crippen LogP contribution in [0.15, 0.2) is 65.1 Å². The second-order valence-electron chi connectivity index (χ2n) is 6.57. The monoisotopic (exact) mass is 502 g/mol. The molecule has 0 spiro atoms. The number of phenolic OH excluding ortho intramolecular Hbond substituents is 1. The van der Waals surface area contributed by atoms with Gasteiger partial charge in [-0.3, -0.25) is 4.79 Å². The molecule has 0 unspecified atom stereocenters. The molecule has 3 aromatic carbocycles. The summed E-state index contributed by atoms with van der Waals surface area (Å²) in [4.78, 5) is 25.1. The highest BCUT2D eigenvalue weighted by Crippen LogP contribution is 2.34. The third-order valence-corrected chi connectivity index (χ3v) is 5.38. The van der Waals surface area contributed by atoms with Crippen molar-refractivity contribution in [3.05, 3.63) is 81.3 Å². The van der Waals surface area contributed by atoms with Crippen LogP contribution in [0.4, 0.5) is 21.9 Å². The first-order chi connectivity index (χ1) is 14.9. The quantitative estimate of drug-likeness (QED) is 0.297. The molecule has 0 heterocycles. The van der Waals surface area contributed by atoms with Crippen molar-refractivity contribution in [2.75, 3.05) is 22.5 Å². The summed E-state index contributed by atoms with van der Waals surface area (Å²) in [6, 6.07) is 16.5. The molecule has 7 nitrogen and oxygen atoms in total. The molecule has 0 saturated carbocycles. The Kier molecular flexibility index (Phi) is 7.51. The average Bonchev–Trinajstić information content (AvgIpc) is 2.73. The fourth-order valence-electron chi connectivity index (χ4n) is 2.84. The molecule has 0 aliphatic rings. The SMILES string of the molecule is NCCc1ccc(NC(=O)c2c(Cl)ccc(NC(=O)Nc3ccccc3Br)c2O)cc1. The number of hydrogen-bond acceptors (Lipinski definition) is 4. The summed E-state index contributed by atoms with van der Waals surface area (Å²) in [5.74, 6) is -1.05. The lowest BCUT2D eigenvalue weighted by molar-refractivity contribution is 0.102. The highest BCUT2D eigenvalue weighted by molar-refractivity contribution is 9.10. The number of amides is 3. The number of carbonyl (C=O) groups is 2. The summed E-state index contributed by atoms with van der Waals surface area (Å²) >= 11 is 9.49. The molecule has 160 valence electrons. The van der Waals surface area contributed by atoms with Crippen LogP contribution in [0.25, 0.3) is 0 Å². The lowest BCUT2D eigenvalue weighted by atomic mass is 10.1. The molecule has 31 heavy (non-hydrogen) atoms. The van der Waals surface area contributed by atoms with Gasteiger partial charge in [0.15, 0.2) is 5.75 Å². The zero-order valence-corrected chi connectivity index (χ0v) is 18.6. The molecule has 0 saturated heterocycles. The minimum atomic E-state index is -0.607. The minimum absolute atomic E-state index is 0.0393. The number of para-hydroxylation sites is 1. The Morgan fingerprint density at radius 2 is 1.61 bits per heavy atom. The lowest BCUT2D eigenvalue weighted by Crippen LogP contribution is -2.20. The molecule has 0 aromatic heterocycles. The third-order valence-electron chi connectivity index (χ3n) is 4.37. The molecule has 0 radical (unpaired) electrons. The van der Waals surface area contributed by atoms with E-state index in [1.165, 1.54) is 12.1 Å². The van der Waals surface area contributed by atoms with Crippen LogP contribution in [0, 0.1) is 0 Å². The van der Waals surface area contributed by atoms with E-state index in [-0.39, 0.29) is 16.3 Å². The molecule has 3 amide bonds. The minimum Gasteiger partial charge on any atom is -0.505 e. The number of urea groups is 1. The molecular formula is C22H20BrClN4O3. The number of nitrogens with two attached hydrogens (primary N) is 1. The van der Waals surface area contributed by atoms with Crippen LogP contribution in [0.2, 0.25) is 5.02 Å². The van der Waals surface area contributed by atoms with E-state index in [0.29, 0.717) is 22.4 Å². The number of rotatable bonds is 6. The number of phenols is 1. The maximum Gasteiger partial charge on any atom is 0.323 e. The summed E-state index contributed by atoms with van der Waals surface area (Å²) in [5, 5.41) is 18.5. The number of nitrogens with one attached hydrogen (secondary N) is 3. The van der Waals surface area contributed by atoms with Gasteiger partial charge in [-0.05, 0) is 70.9 Å². The first kappa shape index (κ1) is 22.6. The molecule has 3 rings (SSSR count). The Morgan fingerprint density at radius 1 is 0.935 bits per heavy atom. The Morgan fingerprint density at radius 3 is 2.29 bits per heavy atom. The van der Waals surface area contributed by atoms with Crippen LogP contribution in [0.3, 0.4) is 0 Å². The molecule has 0 bridgehead atoms. The zero-order chi connectivity index (χ0) is 22.4. The summed E-state index contributed by atoms with van der Waals surface area (Å²) in [6.45, 7) is 0.532. The fourth-order valence-corrected chi connectivity index (χ4v) is 3.46. The van der Waals surface area contributed by atoms with Gasteiger partial charge in [0, 0.05) is 10.2 Å². The fraction of sp³-hybridized carbons (Fsp3) is 0.0909. The van der Waals surface area contributed by atoms with Crippen LogP contribution in [0.1, 0.15) is 15.9 Å². The van der Waals surface area contributed by atoms with Gasteiger partial charge in [0.2, 0.25) is 0 Å². The highest BCUT2D eigenvalue weighted by atomic mass is 79.9. The third kappa shape index (κ3) is 5.75. The Balaban J connectivity index is 1.75. The molecule has 0 aliphatic heterocycles. The standard InChI is InChI=1S/C22H20BrClN4O3/c23-15-3-1-2-4-17(15)27-22(31)28-18-10-9-16(24)19(20(18)29)21(30)26-14-7-5-13(6-8-14)11-12-25/h1-10,29H,11-12,25H2,(H,26,30)(H2,27,28,31). The van der Waals surface area contributed by atoms with E-state index in [2.05, 4.69) is 31.9 Å². The molecule has 3 aromatic rings. The average molecular weight is 504 g/mol. The largest absolute Gasteiger partial charge is 0.505 e. The van der Waals surface area contributed by atoms with Crippen LogP contribution < -0.4 is 21.7 Å². The number of carbonyl (C=O) groups excluding carboxylic acids is 2. The first-order valence-corrected chi connectivity index (χ1v) is 10.5. The van der Waals surface area contributed by atoms with Gasteiger partial charge < -0.3 is 26.8 Å². The van der Waals surface area contributed by atoms with E-state index in [4.69, 9.17) is 17.3 Å². The van der Waals surface area contributed by atoms with Crippen molar-refractivity contribution < 1.29 is 14.7 Å². The van der Waals surface area contributed by atoms with E-state index < -0.39 is 17.7 Å². The van der Waals surface area contributed by atoms with Gasteiger partial charge in [-0.25, -0.2) is 4.79 Å².